The van der Waals surface area contributed by atoms with Gasteiger partial charge < -0.3 is 15.1 Å². The van der Waals surface area contributed by atoms with Crippen LogP contribution in [0.25, 0.3) is 0 Å². The first-order valence-corrected chi connectivity index (χ1v) is 11.2. The Hall–Kier alpha value is -2.52. The normalized spacial score (nSPS) is 25.3. The van der Waals surface area contributed by atoms with Crippen LogP contribution in [0.15, 0.2) is 42.6 Å². The third-order valence-electron chi connectivity index (χ3n) is 7.14. The molecule has 1 amide bonds. The molecule has 0 aliphatic heterocycles. The molecule has 2 aliphatic carbocycles. The Kier molecular flexibility index (Phi) is 6.22. The van der Waals surface area contributed by atoms with Crippen LogP contribution >= 0.6 is 0 Å². The average Bonchev–Trinajstić information content (AvgIpc) is 3.65. The number of alkyl halides is 3. The van der Waals surface area contributed by atoms with Crippen molar-refractivity contribution in [2.45, 2.75) is 74.7 Å². The molecule has 0 unspecified atom stereocenters. The molecule has 0 saturated heterocycles. The van der Waals surface area contributed by atoms with E-state index >= 15 is 0 Å². The van der Waals surface area contributed by atoms with E-state index in [0.717, 1.165) is 30.7 Å². The number of benzene rings is 1. The third kappa shape index (κ3) is 4.48. The highest BCUT2D eigenvalue weighted by Gasteiger charge is 2.51. The van der Waals surface area contributed by atoms with Crippen LogP contribution in [-0.2, 0) is 11.0 Å². The SMILES string of the molecule is C[C@](O)(c1ccc(C(=O)N(C2CC2)C2CCC(CO)(c3cccnn3)CC2)cc1)C(F)(F)F. The van der Waals surface area contributed by atoms with E-state index in [-0.39, 0.29) is 30.2 Å². The highest BCUT2D eigenvalue weighted by molar-refractivity contribution is 5.95. The number of hydrogen-bond acceptors (Lipinski definition) is 5. The molecular formula is C24H28F3N3O3. The zero-order valence-corrected chi connectivity index (χ0v) is 18.4. The number of carbonyl (C=O) groups is 1. The minimum atomic E-state index is -4.82. The molecule has 0 spiro atoms. The molecule has 2 N–H and O–H groups in total. The Morgan fingerprint density at radius 2 is 1.70 bits per heavy atom. The Morgan fingerprint density at radius 3 is 2.18 bits per heavy atom. The van der Waals surface area contributed by atoms with Crippen molar-refractivity contribution in [3.05, 3.63) is 59.4 Å². The number of nitrogens with zero attached hydrogens (tertiary/aromatic N) is 3. The molecule has 2 aliphatic rings. The maximum atomic E-state index is 13.4. The van der Waals surface area contributed by atoms with Crippen molar-refractivity contribution >= 4 is 5.91 Å². The Bertz CT molecular complexity index is 968. The molecule has 0 bridgehead atoms. The number of aliphatic hydroxyl groups is 2. The number of amides is 1. The predicted molar refractivity (Wildman–Crippen MR) is 114 cm³/mol. The van der Waals surface area contributed by atoms with E-state index in [2.05, 4.69) is 10.2 Å². The van der Waals surface area contributed by atoms with E-state index in [1.807, 2.05) is 11.0 Å². The minimum Gasteiger partial charge on any atom is -0.395 e. The minimum absolute atomic E-state index is 0.0145. The van der Waals surface area contributed by atoms with Gasteiger partial charge in [0, 0.05) is 29.3 Å². The summed E-state index contributed by atoms with van der Waals surface area (Å²) in [5.41, 5.74) is -2.71. The number of hydrogen-bond donors (Lipinski definition) is 2. The molecule has 1 atom stereocenters. The van der Waals surface area contributed by atoms with Gasteiger partial charge in [-0.1, -0.05) is 12.1 Å². The van der Waals surface area contributed by atoms with E-state index in [0.29, 0.717) is 38.2 Å². The monoisotopic (exact) mass is 463 g/mol. The number of rotatable bonds is 6. The van der Waals surface area contributed by atoms with Gasteiger partial charge in [0.2, 0.25) is 0 Å². The Balaban J connectivity index is 1.50. The second-order valence-corrected chi connectivity index (χ2v) is 9.37. The van der Waals surface area contributed by atoms with Gasteiger partial charge in [0.1, 0.15) is 0 Å². The highest BCUT2D eigenvalue weighted by Crippen LogP contribution is 2.43. The first-order valence-electron chi connectivity index (χ1n) is 11.2. The van der Waals surface area contributed by atoms with Gasteiger partial charge in [-0.15, -0.1) is 0 Å². The zero-order chi connectivity index (χ0) is 23.9. The van der Waals surface area contributed by atoms with Gasteiger partial charge in [-0.2, -0.15) is 23.4 Å². The fraction of sp³-hybridized carbons (Fsp3) is 0.542. The van der Waals surface area contributed by atoms with Gasteiger partial charge in [0.05, 0.1) is 12.3 Å². The van der Waals surface area contributed by atoms with Crippen molar-refractivity contribution in [1.29, 1.82) is 0 Å². The van der Waals surface area contributed by atoms with Crippen LogP contribution in [0.5, 0.6) is 0 Å². The number of halogens is 3. The van der Waals surface area contributed by atoms with E-state index in [1.54, 1.807) is 12.3 Å². The summed E-state index contributed by atoms with van der Waals surface area (Å²) >= 11 is 0. The molecular weight excluding hydrogens is 435 g/mol. The molecule has 6 nitrogen and oxygen atoms in total. The summed E-state index contributed by atoms with van der Waals surface area (Å²) in [5.74, 6) is -0.211. The van der Waals surface area contributed by atoms with Crippen LogP contribution in [0, 0.1) is 0 Å². The van der Waals surface area contributed by atoms with Crippen molar-refractivity contribution in [1.82, 2.24) is 15.1 Å². The topological polar surface area (TPSA) is 86.5 Å². The quantitative estimate of drug-likeness (QED) is 0.682. The van der Waals surface area contributed by atoms with Gasteiger partial charge in [-0.3, -0.25) is 4.79 Å². The third-order valence-corrected chi connectivity index (χ3v) is 7.14. The van der Waals surface area contributed by atoms with Gasteiger partial charge in [0.15, 0.2) is 5.60 Å². The second kappa shape index (κ2) is 8.68. The summed E-state index contributed by atoms with van der Waals surface area (Å²) in [6, 6.07) is 8.81. The molecule has 178 valence electrons. The largest absolute Gasteiger partial charge is 0.421 e. The summed E-state index contributed by atoms with van der Waals surface area (Å²) in [7, 11) is 0. The molecule has 4 rings (SSSR count). The maximum Gasteiger partial charge on any atom is 0.421 e. The van der Waals surface area contributed by atoms with Crippen molar-refractivity contribution in [3.63, 3.8) is 0 Å². The molecule has 1 heterocycles. The van der Waals surface area contributed by atoms with Gasteiger partial charge in [0.25, 0.3) is 5.91 Å². The summed E-state index contributed by atoms with van der Waals surface area (Å²) in [4.78, 5) is 15.2. The smallest absolute Gasteiger partial charge is 0.395 e. The predicted octanol–water partition coefficient (Wildman–Crippen LogP) is 3.72. The van der Waals surface area contributed by atoms with Gasteiger partial charge >= 0.3 is 6.18 Å². The summed E-state index contributed by atoms with van der Waals surface area (Å²) < 4.78 is 39.4. The molecule has 2 aromatic rings. The van der Waals surface area contributed by atoms with E-state index in [9.17, 15) is 28.2 Å². The first-order chi connectivity index (χ1) is 15.6. The van der Waals surface area contributed by atoms with Crippen LogP contribution in [0.4, 0.5) is 13.2 Å². The lowest BCUT2D eigenvalue weighted by Crippen LogP contribution is -2.47. The molecule has 1 aromatic carbocycles. The van der Waals surface area contributed by atoms with Crippen LogP contribution in [0.1, 0.15) is 67.1 Å². The first kappa shape index (κ1) is 23.6. The van der Waals surface area contributed by atoms with Crippen molar-refractivity contribution < 1.29 is 28.2 Å². The van der Waals surface area contributed by atoms with E-state index < -0.39 is 17.2 Å². The number of aromatic nitrogens is 2. The lowest BCUT2D eigenvalue weighted by molar-refractivity contribution is -0.258. The Morgan fingerprint density at radius 1 is 1.09 bits per heavy atom. The second-order valence-electron chi connectivity index (χ2n) is 9.37. The summed E-state index contributed by atoms with van der Waals surface area (Å²) in [5, 5.41) is 28.1. The zero-order valence-electron chi connectivity index (χ0n) is 18.4. The Labute approximate surface area is 190 Å². The fourth-order valence-electron chi connectivity index (χ4n) is 4.75. The van der Waals surface area contributed by atoms with E-state index in [4.69, 9.17) is 0 Å². The van der Waals surface area contributed by atoms with Crippen LogP contribution < -0.4 is 0 Å². The standard InChI is InChI=1S/C24H28F3N3O3/c1-22(33,24(25,26)27)17-6-4-16(5-7-17)21(32)30(18-8-9-18)19-10-12-23(15-31,13-11-19)20-3-2-14-28-29-20/h2-7,14,18-19,31,33H,8-13,15H2,1H3/t19?,22-,23?/m0/s1. The van der Waals surface area contributed by atoms with Crippen molar-refractivity contribution in [2.75, 3.05) is 6.61 Å². The molecule has 0 radical (unpaired) electrons. The number of aliphatic hydroxyl groups excluding tert-OH is 1. The summed E-state index contributed by atoms with van der Waals surface area (Å²) in [6.45, 7) is 0.656. The molecule has 2 fully saturated rings. The fourth-order valence-corrected chi connectivity index (χ4v) is 4.75. The van der Waals surface area contributed by atoms with Crippen molar-refractivity contribution in [3.8, 4) is 0 Å². The van der Waals surface area contributed by atoms with Gasteiger partial charge in [-0.25, -0.2) is 0 Å². The average molecular weight is 464 g/mol. The van der Waals surface area contributed by atoms with E-state index in [1.165, 1.54) is 12.1 Å². The van der Waals surface area contributed by atoms with Gasteiger partial charge in [-0.05, 0) is 75.3 Å². The highest BCUT2D eigenvalue weighted by atomic mass is 19.4. The lowest BCUT2D eigenvalue weighted by atomic mass is 9.70. The molecule has 33 heavy (non-hydrogen) atoms. The lowest BCUT2D eigenvalue weighted by Gasteiger charge is -2.42. The molecule has 2 saturated carbocycles. The van der Waals surface area contributed by atoms with Crippen LogP contribution in [0.3, 0.4) is 0 Å². The van der Waals surface area contributed by atoms with Crippen molar-refractivity contribution in [2.24, 2.45) is 0 Å². The summed E-state index contributed by atoms with van der Waals surface area (Å²) in [6.07, 6.45) is 1.29. The molecule has 9 heteroatoms. The molecule has 1 aromatic heterocycles. The van der Waals surface area contributed by atoms with Crippen LogP contribution in [0.2, 0.25) is 0 Å². The maximum absolute atomic E-state index is 13.4. The van der Waals surface area contributed by atoms with Crippen LogP contribution in [-0.4, -0.2) is 56.1 Å². The number of carbonyl (C=O) groups excluding carboxylic acids is 1.